The van der Waals surface area contributed by atoms with Gasteiger partial charge in [-0.05, 0) is 75.0 Å². The molecule has 4 aromatic rings. The smallest absolute Gasteiger partial charge is 0.405 e. The van der Waals surface area contributed by atoms with Crippen LogP contribution in [0.5, 0.6) is 0 Å². The number of hydrogen-bond donors (Lipinski definition) is 2. The number of carbonyl (C=O) groups excluding carboxylic acids is 1. The lowest BCUT2D eigenvalue weighted by Gasteiger charge is -2.35. The largest absolute Gasteiger partial charge is 0.465 e. The molecule has 0 bridgehead atoms. The summed E-state index contributed by atoms with van der Waals surface area (Å²) in [7, 11) is 0. The minimum absolute atomic E-state index is 0.208. The van der Waals surface area contributed by atoms with Crippen LogP contribution in [-0.4, -0.2) is 48.0 Å². The van der Waals surface area contributed by atoms with Gasteiger partial charge in [0.15, 0.2) is 4.83 Å². The van der Waals surface area contributed by atoms with Crippen LogP contribution in [-0.2, 0) is 6.54 Å². The van der Waals surface area contributed by atoms with Gasteiger partial charge in [0.05, 0.1) is 23.7 Å². The highest BCUT2D eigenvalue weighted by Crippen LogP contribution is 2.29. The quantitative estimate of drug-likeness (QED) is 0.241. The van der Waals surface area contributed by atoms with Crippen LogP contribution >= 0.6 is 23.1 Å². The molecule has 0 aliphatic rings. The van der Waals surface area contributed by atoms with Gasteiger partial charge in [-0.15, -0.1) is 0 Å². The van der Waals surface area contributed by atoms with E-state index in [1.807, 2.05) is 37.3 Å². The number of halogens is 1. The molecule has 0 spiro atoms. The van der Waals surface area contributed by atoms with Crippen molar-refractivity contribution >= 4 is 45.4 Å². The van der Waals surface area contributed by atoms with Gasteiger partial charge in [0, 0.05) is 22.7 Å². The van der Waals surface area contributed by atoms with E-state index in [-0.39, 0.29) is 24.6 Å². The van der Waals surface area contributed by atoms with Crippen LogP contribution in [0, 0.1) is 6.92 Å². The number of hydrogen-bond acceptors (Lipinski definition) is 6. The fourth-order valence-electron chi connectivity index (χ4n) is 4.71. The Morgan fingerprint density at radius 3 is 2.45 bits per heavy atom. The predicted octanol–water partition coefficient (Wildman–Crippen LogP) is 5.89. The molecule has 40 heavy (non-hydrogen) atoms. The lowest BCUT2D eigenvalue weighted by molar-refractivity contribution is 0.0638. The van der Waals surface area contributed by atoms with Crippen LogP contribution in [0.15, 0.2) is 59.4 Å². The molecule has 0 fully saturated rings. The van der Waals surface area contributed by atoms with Gasteiger partial charge in [-0.3, -0.25) is 14.2 Å². The number of nitrogens with zero attached hydrogens (tertiary/aromatic N) is 4. The maximum absolute atomic E-state index is 14.0. The third-order valence-corrected chi connectivity index (χ3v) is 7.90. The second-order valence-corrected chi connectivity index (χ2v) is 11.5. The van der Waals surface area contributed by atoms with E-state index in [1.54, 1.807) is 54.5 Å². The van der Waals surface area contributed by atoms with Gasteiger partial charge in [0.1, 0.15) is 5.82 Å². The standard InChI is InChI=1S/C29H32ClN5O4S/c1-5-22(34(16-15-29(3,4)32-28(38)39)26(36)20-11-13-21(30)14-12-20)24-31-25-23(18(2)33-40-25)27(37)35(24)17-19-9-7-6-8-10-19/h6-14,22,32H,5,15-17H2,1-4H3,(H,38,39). The van der Waals surface area contributed by atoms with Gasteiger partial charge < -0.3 is 15.3 Å². The Labute approximate surface area is 241 Å². The zero-order valence-corrected chi connectivity index (χ0v) is 24.4. The summed E-state index contributed by atoms with van der Waals surface area (Å²) in [6.45, 7) is 7.76. The summed E-state index contributed by atoms with van der Waals surface area (Å²) in [5.41, 5.74) is 0.955. The summed E-state index contributed by atoms with van der Waals surface area (Å²) in [6, 6.07) is 15.7. The molecule has 4 rings (SSSR count). The zero-order valence-electron chi connectivity index (χ0n) is 22.8. The van der Waals surface area contributed by atoms with Crippen LogP contribution in [0.1, 0.15) is 67.1 Å². The van der Waals surface area contributed by atoms with Crippen molar-refractivity contribution in [2.24, 2.45) is 0 Å². The molecule has 0 saturated heterocycles. The first-order valence-electron chi connectivity index (χ1n) is 13.0. The molecule has 210 valence electrons. The number of amides is 2. The van der Waals surface area contributed by atoms with E-state index in [0.717, 1.165) is 17.1 Å². The van der Waals surface area contributed by atoms with Crippen molar-refractivity contribution < 1.29 is 14.7 Å². The average molecular weight is 582 g/mol. The van der Waals surface area contributed by atoms with Crippen molar-refractivity contribution in [3.05, 3.63) is 92.6 Å². The van der Waals surface area contributed by atoms with Crippen LogP contribution in [0.2, 0.25) is 5.02 Å². The van der Waals surface area contributed by atoms with E-state index in [9.17, 15) is 19.5 Å². The molecule has 0 radical (unpaired) electrons. The molecular formula is C29H32ClN5O4S. The van der Waals surface area contributed by atoms with E-state index >= 15 is 0 Å². The normalized spacial score (nSPS) is 12.3. The molecule has 0 saturated carbocycles. The molecule has 0 aliphatic heterocycles. The number of carboxylic acid groups (broad SMARTS) is 1. The number of nitrogens with one attached hydrogen (secondary N) is 1. The highest BCUT2D eigenvalue weighted by molar-refractivity contribution is 7.12. The fourth-order valence-corrected chi connectivity index (χ4v) is 5.61. The van der Waals surface area contributed by atoms with Gasteiger partial charge in [0.25, 0.3) is 11.5 Å². The summed E-state index contributed by atoms with van der Waals surface area (Å²) >= 11 is 7.24. The van der Waals surface area contributed by atoms with Gasteiger partial charge in [-0.25, -0.2) is 9.78 Å². The monoisotopic (exact) mass is 581 g/mol. The maximum atomic E-state index is 14.0. The number of aromatic nitrogens is 3. The number of benzene rings is 2. The Bertz CT molecular complexity index is 1570. The molecule has 2 N–H and O–H groups in total. The molecule has 0 aliphatic carbocycles. The van der Waals surface area contributed by atoms with Gasteiger partial charge in [0.2, 0.25) is 0 Å². The van der Waals surface area contributed by atoms with Crippen LogP contribution in [0.4, 0.5) is 4.79 Å². The first-order chi connectivity index (χ1) is 19.0. The maximum Gasteiger partial charge on any atom is 0.405 e. The van der Waals surface area contributed by atoms with Crippen LogP contribution < -0.4 is 10.9 Å². The lowest BCUT2D eigenvalue weighted by Crippen LogP contribution is -2.47. The minimum atomic E-state index is -1.14. The highest BCUT2D eigenvalue weighted by Gasteiger charge is 2.32. The van der Waals surface area contributed by atoms with Crippen molar-refractivity contribution in [2.75, 3.05) is 6.54 Å². The Balaban J connectivity index is 1.85. The molecular weight excluding hydrogens is 550 g/mol. The molecule has 11 heteroatoms. The van der Waals surface area contributed by atoms with Gasteiger partial charge in [-0.1, -0.05) is 48.9 Å². The second-order valence-electron chi connectivity index (χ2n) is 10.3. The summed E-state index contributed by atoms with van der Waals surface area (Å²) < 4.78 is 6.01. The molecule has 9 nitrogen and oxygen atoms in total. The Hall–Kier alpha value is -3.76. The topological polar surface area (TPSA) is 117 Å². The molecule has 2 heterocycles. The summed E-state index contributed by atoms with van der Waals surface area (Å²) in [4.78, 5) is 46.4. The number of carbonyl (C=O) groups is 2. The van der Waals surface area contributed by atoms with Gasteiger partial charge in [-0.2, -0.15) is 4.37 Å². The SMILES string of the molecule is CCC(c1nc2snc(C)c2c(=O)n1Cc1ccccc1)N(CCC(C)(C)NC(=O)O)C(=O)c1ccc(Cl)cc1. The molecule has 1 atom stereocenters. The fraction of sp³-hybridized carbons (Fsp3) is 0.345. The second kappa shape index (κ2) is 12.2. The van der Waals surface area contributed by atoms with Crippen molar-refractivity contribution in [2.45, 2.75) is 58.7 Å². The predicted molar refractivity (Wildman–Crippen MR) is 157 cm³/mol. The van der Waals surface area contributed by atoms with Crippen molar-refractivity contribution in [1.29, 1.82) is 0 Å². The Kier molecular flexibility index (Phi) is 8.90. The zero-order chi connectivity index (χ0) is 29.0. The molecule has 2 amide bonds. The summed E-state index contributed by atoms with van der Waals surface area (Å²) in [6.07, 6.45) is -0.339. The summed E-state index contributed by atoms with van der Waals surface area (Å²) in [5.74, 6) is 0.189. The number of rotatable bonds is 10. The molecule has 2 aromatic carbocycles. The van der Waals surface area contributed by atoms with Crippen molar-refractivity contribution in [3.8, 4) is 0 Å². The third-order valence-electron chi connectivity index (χ3n) is 6.82. The average Bonchev–Trinajstić information content (AvgIpc) is 3.28. The third kappa shape index (κ3) is 6.51. The van der Waals surface area contributed by atoms with Crippen molar-refractivity contribution in [3.63, 3.8) is 0 Å². The van der Waals surface area contributed by atoms with Gasteiger partial charge >= 0.3 is 6.09 Å². The van der Waals surface area contributed by atoms with Crippen LogP contribution in [0.3, 0.4) is 0 Å². The lowest BCUT2D eigenvalue weighted by atomic mass is 9.99. The van der Waals surface area contributed by atoms with E-state index in [1.165, 1.54) is 0 Å². The number of fused-ring (bicyclic) bond motifs is 1. The molecule has 2 aromatic heterocycles. The Morgan fingerprint density at radius 2 is 1.82 bits per heavy atom. The van der Waals surface area contributed by atoms with E-state index in [2.05, 4.69) is 9.69 Å². The van der Waals surface area contributed by atoms with E-state index in [4.69, 9.17) is 16.6 Å². The Morgan fingerprint density at radius 1 is 1.15 bits per heavy atom. The number of aryl methyl sites for hydroxylation is 1. The summed E-state index contributed by atoms with van der Waals surface area (Å²) in [5, 5.41) is 12.8. The van der Waals surface area contributed by atoms with Crippen LogP contribution in [0.25, 0.3) is 10.2 Å². The minimum Gasteiger partial charge on any atom is -0.465 e. The van der Waals surface area contributed by atoms with E-state index < -0.39 is 17.7 Å². The highest BCUT2D eigenvalue weighted by atomic mass is 35.5. The van der Waals surface area contributed by atoms with E-state index in [0.29, 0.717) is 45.2 Å². The first-order valence-corrected chi connectivity index (χ1v) is 14.1. The van der Waals surface area contributed by atoms with Crippen molar-refractivity contribution in [1.82, 2.24) is 24.1 Å². The molecule has 1 unspecified atom stereocenters. The first kappa shape index (κ1) is 29.2.